The molecule has 6 N–H and O–H groups in total. The van der Waals surface area contributed by atoms with Gasteiger partial charge in [-0.15, -0.1) is 0 Å². The van der Waals surface area contributed by atoms with Crippen molar-refractivity contribution in [1.29, 1.82) is 0 Å². The van der Waals surface area contributed by atoms with Crippen molar-refractivity contribution in [3.8, 4) is 0 Å². The van der Waals surface area contributed by atoms with Gasteiger partial charge in [0.15, 0.2) is 6.29 Å². The van der Waals surface area contributed by atoms with Gasteiger partial charge in [-0.3, -0.25) is 9.59 Å². The van der Waals surface area contributed by atoms with Gasteiger partial charge in [-0.05, 0) is 89.9 Å². The maximum atomic E-state index is 13.0. The molecule has 1 saturated heterocycles. The molecule has 1 fully saturated rings. The number of aliphatic hydroxyl groups excluding tert-OH is 5. The summed E-state index contributed by atoms with van der Waals surface area (Å²) in [5.41, 5.74) is 0. The fourth-order valence-electron chi connectivity index (χ4n) is 12.1. The molecule has 1 rings (SSSR count). The second-order valence-electron chi connectivity index (χ2n) is 26.7. The lowest BCUT2D eigenvalue weighted by atomic mass is 9.99. The smallest absolute Gasteiger partial charge is 0.305 e. The summed E-state index contributed by atoms with van der Waals surface area (Å²) in [6, 6.07) is -0.806. The number of ether oxygens (including phenoxy) is 3. The third kappa shape index (κ3) is 55.8. The van der Waals surface area contributed by atoms with Gasteiger partial charge in [-0.1, -0.05) is 319 Å². The van der Waals surface area contributed by atoms with E-state index < -0.39 is 49.5 Å². The van der Waals surface area contributed by atoms with Crippen molar-refractivity contribution in [2.24, 2.45) is 0 Å². The van der Waals surface area contributed by atoms with E-state index in [-0.39, 0.29) is 18.5 Å². The number of carbonyl (C=O) groups is 2. The number of rotatable bonds is 68. The number of esters is 1. The minimum absolute atomic E-state index is 0.00593. The van der Waals surface area contributed by atoms with E-state index in [9.17, 15) is 35.1 Å². The highest BCUT2D eigenvalue weighted by Gasteiger charge is 2.44. The average molecular weight is 1260 g/mol. The fourth-order valence-corrected chi connectivity index (χ4v) is 12.1. The molecule has 0 bridgehead atoms. The Balaban J connectivity index is 1.87. The summed E-state index contributed by atoms with van der Waals surface area (Å²) in [5, 5.41) is 54.3. The van der Waals surface area contributed by atoms with Gasteiger partial charge < -0.3 is 45.1 Å². The number of aliphatic hydroxyl groups is 5. The van der Waals surface area contributed by atoms with Gasteiger partial charge in [0.05, 0.1) is 32.0 Å². The quantitative estimate of drug-likeness (QED) is 0.0195. The van der Waals surface area contributed by atoms with Crippen LogP contribution in [-0.4, -0.2) is 100 Å². The van der Waals surface area contributed by atoms with E-state index in [0.29, 0.717) is 19.4 Å². The van der Waals surface area contributed by atoms with Crippen LogP contribution in [0, 0.1) is 0 Å². The second-order valence-corrected chi connectivity index (χ2v) is 26.7. The summed E-state index contributed by atoms with van der Waals surface area (Å²) in [5.74, 6) is -0.173. The summed E-state index contributed by atoms with van der Waals surface area (Å²) in [6.45, 7) is 4.32. The maximum absolute atomic E-state index is 13.0. The SMILES string of the molecule is CCCCC/C=C\C/C=C\CCCCCCCCCC(=O)OCCCCCCCCCCCCCCCC/C=C\CCCCCCCCCCCCCCCCCCCC(=O)NC(COC1OC(CO)C(O)C(O)C1O)C(O)/C=C/CCCCCCCCC. The Morgan fingerprint density at radius 2 is 0.753 bits per heavy atom. The molecule has 0 aliphatic carbocycles. The van der Waals surface area contributed by atoms with Crippen LogP contribution in [0.15, 0.2) is 48.6 Å². The van der Waals surface area contributed by atoms with Crippen molar-refractivity contribution in [3.63, 3.8) is 0 Å². The van der Waals surface area contributed by atoms with E-state index in [4.69, 9.17) is 14.2 Å². The number of unbranched alkanes of at least 4 members (excludes halogenated alkanes) is 48. The molecule has 11 heteroatoms. The molecule has 522 valence electrons. The summed E-state index contributed by atoms with van der Waals surface area (Å²) in [4.78, 5) is 25.1. The summed E-state index contributed by atoms with van der Waals surface area (Å²) < 4.78 is 16.7. The van der Waals surface area contributed by atoms with Crippen LogP contribution in [0.4, 0.5) is 0 Å². The van der Waals surface area contributed by atoms with E-state index in [1.165, 1.54) is 283 Å². The van der Waals surface area contributed by atoms with Crippen LogP contribution >= 0.6 is 0 Å². The van der Waals surface area contributed by atoms with Crippen LogP contribution in [-0.2, 0) is 23.8 Å². The van der Waals surface area contributed by atoms with E-state index >= 15 is 0 Å². The van der Waals surface area contributed by atoms with Crippen LogP contribution < -0.4 is 5.32 Å². The first-order valence-corrected chi connectivity index (χ1v) is 38.4. The highest BCUT2D eigenvalue weighted by Crippen LogP contribution is 2.24. The second kappa shape index (κ2) is 67.1. The molecular formula is C78H145NO10. The maximum Gasteiger partial charge on any atom is 0.305 e. The number of amides is 1. The van der Waals surface area contributed by atoms with E-state index in [1.54, 1.807) is 6.08 Å². The molecule has 0 saturated carbocycles. The van der Waals surface area contributed by atoms with Gasteiger partial charge in [0, 0.05) is 12.8 Å². The Morgan fingerprint density at radius 3 is 1.17 bits per heavy atom. The van der Waals surface area contributed by atoms with Crippen molar-refractivity contribution < 1.29 is 49.3 Å². The first-order valence-electron chi connectivity index (χ1n) is 38.4. The lowest BCUT2D eigenvalue weighted by molar-refractivity contribution is -0.302. The molecular weight excluding hydrogens is 1110 g/mol. The average Bonchev–Trinajstić information content (AvgIpc) is 1.92. The predicted molar refractivity (Wildman–Crippen MR) is 375 cm³/mol. The van der Waals surface area contributed by atoms with Crippen LogP contribution in [0.2, 0.25) is 0 Å². The highest BCUT2D eigenvalue weighted by atomic mass is 16.7. The molecule has 0 radical (unpaired) electrons. The molecule has 0 aromatic rings. The van der Waals surface area contributed by atoms with Crippen molar-refractivity contribution >= 4 is 11.9 Å². The molecule has 89 heavy (non-hydrogen) atoms. The molecule has 11 nitrogen and oxygen atoms in total. The molecule has 7 atom stereocenters. The van der Waals surface area contributed by atoms with Gasteiger partial charge in [0.1, 0.15) is 24.4 Å². The molecule has 1 heterocycles. The number of hydrogen-bond acceptors (Lipinski definition) is 10. The Hall–Kier alpha value is -2.38. The van der Waals surface area contributed by atoms with E-state index in [1.807, 2.05) is 6.08 Å². The summed E-state index contributed by atoms with van der Waals surface area (Å²) in [6.07, 6.45) is 78.6. The molecule has 0 aromatic carbocycles. The number of hydrogen-bond donors (Lipinski definition) is 6. The third-order valence-electron chi connectivity index (χ3n) is 18.2. The Bertz CT molecular complexity index is 1620. The van der Waals surface area contributed by atoms with E-state index in [0.717, 1.165) is 64.2 Å². The van der Waals surface area contributed by atoms with Crippen LogP contribution in [0.25, 0.3) is 0 Å². The van der Waals surface area contributed by atoms with Gasteiger partial charge in [0.25, 0.3) is 0 Å². The largest absolute Gasteiger partial charge is 0.466 e. The Labute approximate surface area is 548 Å². The zero-order valence-electron chi connectivity index (χ0n) is 58.2. The van der Waals surface area contributed by atoms with Gasteiger partial charge >= 0.3 is 5.97 Å². The first kappa shape index (κ1) is 84.6. The monoisotopic (exact) mass is 1260 g/mol. The van der Waals surface area contributed by atoms with Gasteiger partial charge in [-0.25, -0.2) is 0 Å². The van der Waals surface area contributed by atoms with Gasteiger partial charge in [0.2, 0.25) is 5.91 Å². The highest BCUT2D eigenvalue weighted by molar-refractivity contribution is 5.76. The lowest BCUT2D eigenvalue weighted by Crippen LogP contribution is -2.60. The minimum Gasteiger partial charge on any atom is -0.466 e. The topological polar surface area (TPSA) is 175 Å². The van der Waals surface area contributed by atoms with Crippen LogP contribution in [0.3, 0.4) is 0 Å². The molecule has 0 spiro atoms. The molecule has 0 aromatic heterocycles. The Kier molecular flexibility index (Phi) is 63.8. The van der Waals surface area contributed by atoms with Crippen LogP contribution in [0.1, 0.15) is 373 Å². The van der Waals surface area contributed by atoms with Crippen molar-refractivity contribution in [3.05, 3.63) is 48.6 Å². The molecule has 1 amide bonds. The normalized spacial score (nSPS) is 17.9. The summed E-state index contributed by atoms with van der Waals surface area (Å²) in [7, 11) is 0. The third-order valence-corrected chi connectivity index (χ3v) is 18.2. The number of allylic oxidation sites excluding steroid dienone is 7. The zero-order chi connectivity index (χ0) is 64.4. The first-order chi connectivity index (χ1) is 43.7. The van der Waals surface area contributed by atoms with Crippen LogP contribution in [0.5, 0.6) is 0 Å². The van der Waals surface area contributed by atoms with Crippen molar-refractivity contribution in [2.75, 3.05) is 19.8 Å². The standard InChI is InChI=1S/C78H145NO10/c1-3-5-7-9-11-13-14-15-16-36-40-43-46-50-54-58-62-66-74(83)87-67-63-59-55-51-47-44-41-38-35-33-31-29-27-25-23-21-19-17-18-20-22-24-26-28-30-32-34-37-39-42-45-49-53-57-61-65-73(82)79-70(71(81)64-60-56-52-48-12-10-8-6-4-2)69-88-78-77(86)76(85)75(84)72(68-80)89-78/h11,13,15-16,19,21,60,64,70-72,75-78,80-81,84-86H,3-10,12,14,17-18,20,22-59,61-63,65-69H2,1-2H3,(H,79,82)/b13-11-,16-15-,21-19-,64-60+. The lowest BCUT2D eigenvalue weighted by Gasteiger charge is -2.40. The zero-order valence-corrected chi connectivity index (χ0v) is 58.2. The molecule has 7 unspecified atom stereocenters. The molecule has 1 aliphatic heterocycles. The Morgan fingerprint density at radius 1 is 0.416 bits per heavy atom. The van der Waals surface area contributed by atoms with E-state index in [2.05, 4.69) is 55.6 Å². The fraction of sp³-hybridized carbons (Fsp3) is 0.872. The summed E-state index contributed by atoms with van der Waals surface area (Å²) >= 11 is 0. The molecule has 1 aliphatic rings. The minimum atomic E-state index is -1.57. The van der Waals surface area contributed by atoms with Gasteiger partial charge in [-0.2, -0.15) is 0 Å². The van der Waals surface area contributed by atoms with Crippen molar-refractivity contribution in [1.82, 2.24) is 5.32 Å². The number of carbonyl (C=O) groups excluding carboxylic acids is 2. The number of nitrogens with one attached hydrogen (secondary N) is 1. The predicted octanol–water partition coefficient (Wildman–Crippen LogP) is 20.3. The van der Waals surface area contributed by atoms with Crippen molar-refractivity contribution in [2.45, 2.75) is 416 Å².